The van der Waals surface area contributed by atoms with Gasteiger partial charge in [-0.05, 0) is 31.5 Å². The predicted molar refractivity (Wildman–Crippen MR) is 70.7 cm³/mol. The lowest BCUT2D eigenvalue weighted by molar-refractivity contribution is -0.153. The van der Waals surface area contributed by atoms with Gasteiger partial charge >= 0.3 is 5.97 Å². The Morgan fingerprint density at radius 2 is 2.00 bits per heavy atom. The molecule has 0 saturated carbocycles. The molecule has 0 aromatic heterocycles. The lowest BCUT2D eigenvalue weighted by Gasteiger charge is -2.18. The molecule has 0 radical (unpaired) electrons. The molecule has 0 bridgehead atoms. The number of rotatable bonds is 6. The highest BCUT2D eigenvalue weighted by Crippen LogP contribution is 2.38. The number of ether oxygens (including phenoxy) is 3. The van der Waals surface area contributed by atoms with Gasteiger partial charge in [-0.25, -0.2) is 9.18 Å². The third-order valence-corrected chi connectivity index (χ3v) is 2.79. The first kappa shape index (κ1) is 16.2. The van der Waals surface area contributed by atoms with E-state index >= 15 is 0 Å². The first-order valence-corrected chi connectivity index (χ1v) is 6.20. The van der Waals surface area contributed by atoms with E-state index < -0.39 is 18.2 Å². The standard InChI is InChI=1S/C14H19FO5/c1-5-20-14(17)12(16)10-6-9(8(2)15)7-11(18-3)13(10)19-4/h6-8,12,16H,5H2,1-4H3. The van der Waals surface area contributed by atoms with E-state index in [4.69, 9.17) is 14.2 Å². The SMILES string of the molecule is CCOC(=O)C(O)c1cc(C(C)F)cc(OC)c1OC. The summed E-state index contributed by atoms with van der Waals surface area (Å²) < 4.78 is 28.5. The first-order chi connectivity index (χ1) is 9.46. The third-order valence-electron chi connectivity index (χ3n) is 2.79. The lowest BCUT2D eigenvalue weighted by atomic mass is 10.0. The van der Waals surface area contributed by atoms with Crippen LogP contribution in [0.25, 0.3) is 0 Å². The van der Waals surface area contributed by atoms with Gasteiger partial charge in [0.25, 0.3) is 0 Å². The maximum Gasteiger partial charge on any atom is 0.339 e. The van der Waals surface area contributed by atoms with Crippen molar-refractivity contribution in [2.75, 3.05) is 20.8 Å². The van der Waals surface area contributed by atoms with E-state index in [9.17, 15) is 14.3 Å². The number of carbonyl (C=O) groups is 1. The molecule has 0 amide bonds. The summed E-state index contributed by atoms with van der Waals surface area (Å²) in [5.74, 6) is -0.401. The molecule has 20 heavy (non-hydrogen) atoms. The van der Waals surface area contributed by atoms with Crippen molar-refractivity contribution in [2.45, 2.75) is 26.1 Å². The number of methoxy groups -OCH3 is 2. The zero-order valence-corrected chi connectivity index (χ0v) is 12.0. The Morgan fingerprint density at radius 3 is 2.45 bits per heavy atom. The Bertz CT molecular complexity index is 473. The molecule has 6 heteroatoms. The Balaban J connectivity index is 3.34. The van der Waals surface area contributed by atoms with Crippen molar-refractivity contribution in [1.29, 1.82) is 0 Å². The van der Waals surface area contributed by atoms with Crippen LogP contribution in [0.4, 0.5) is 4.39 Å². The lowest BCUT2D eigenvalue weighted by Crippen LogP contribution is -2.17. The summed E-state index contributed by atoms with van der Waals surface area (Å²) in [6.45, 7) is 3.11. The second kappa shape index (κ2) is 7.09. The van der Waals surface area contributed by atoms with E-state index in [1.807, 2.05) is 0 Å². The average Bonchev–Trinajstić information content (AvgIpc) is 2.44. The molecule has 2 unspecified atom stereocenters. The van der Waals surface area contributed by atoms with Gasteiger partial charge in [-0.1, -0.05) is 0 Å². The molecule has 1 aromatic carbocycles. The number of hydrogen-bond donors (Lipinski definition) is 1. The molecule has 0 spiro atoms. The highest BCUT2D eigenvalue weighted by molar-refractivity contribution is 5.78. The Labute approximate surface area is 117 Å². The fraction of sp³-hybridized carbons (Fsp3) is 0.500. The van der Waals surface area contributed by atoms with Crippen molar-refractivity contribution in [3.63, 3.8) is 0 Å². The van der Waals surface area contributed by atoms with Crippen molar-refractivity contribution < 1.29 is 28.5 Å². The van der Waals surface area contributed by atoms with E-state index in [1.54, 1.807) is 6.92 Å². The second-order valence-corrected chi connectivity index (χ2v) is 4.12. The smallest absolute Gasteiger partial charge is 0.339 e. The Kier molecular flexibility index (Phi) is 5.76. The number of carbonyl (C=O) groups excluding carboxylic acids is 1. The Morgan fingerprint density at radius 1 is 1.35 bits per heavy atom. The molecular formula is C14H19FO5. The van der Waals surface area contributed by atoms with Gasteiger partial charge in [0.05, 0.1) is 20.8 Å². The van der Waals surface area contributed by atoms with Gasteiger partial charge in [-0.2, -0.15) is 0 Å². The molecule has 0 aliphatic heterocycles. The minimum absolute atomic E-state index is 0.116. The van der Waals surface area contributed by atoms with Crippen LogP contribution >= 0.6 is 0 Å². The van der Waals surface area contributed by atoms with Crippen LogP contribution in [0.2, 0.25) is 0 Å². The van der Waals surface area contributed by atoms with E-state index in [0.29, 0.717) is 0 Å². The molecular weight excluding hydrogens is 267 g/mol. The van der Waals surface area contributed by atoms with Gasteiger partial charge in [0.2, 0.25) is 0 Å². The van der Waals surface area contributed by atoms with E-state index in [0.717, 1.165) is 0 Å². The summed E-state index contributed by atoms with van der Waals surface area (Å²) in [7, 11) is 2.77. The van der Waals surface area contributed by atoms with Crippen molar-refractivity contribution in [3.8, 4) is 11.5 Å². The van der Waals surface area contributed by atoms with Crippen LogP contribution in [0.3, 0.4) is 0 Å². The molecule has 1 aromatic rings. The fourth-order valence-corrected chi connectivity index (χ4v) is 1.80. The highest BCUT2D eigenvalue weighted by atomic mass is 19.1. The van der Waals surface area contributed by atoms with Crippen LogP contribution in [0.15, 0.2) is 12.1 Å². The van der Waals surface area contributed by atoms with E-state index in [2.05, 4.69) is 0 Å². The van der Waals surface area contributed by atoms with Gasteiger partial charge in [0, 0.05) is 5.56 Å². The number of benzene rings is 1. The van der Waals surface area contributed by atoms with Crippen LogP contribution in [0, 0.1) is 0 Å². The number of esters is 1. The maximum atomic E-state index is 13.5. The van der Waals surface area contributed by atoms with Crippen molar-refractivity contribution >= 4 is 5.97 Å². The third kappa shape index (κ3) is 3.39. The Hall–Kier alpha value is -1.82. The van der Waals surface area contributed by atoms with Crippen molar-refractivity contribution in [1.82, 2.24) is 0 Å². The van der Waals surface area contributed by atoms with Crippen LogP contribution in [-0.4, -0.2) is 31.9 Å². The van der Waals surface area contributed by atoms with Gasteiger partial charge in [0.15, 0.2) is 17.6 Å². The van der Waals surface area contributed by atoms with Crippen molar-refractivity contribution in [3.05, 3.63) is 23.3 Å². The van der Waals surface area contributed by atoms with E-state index in [1.165, 1.54) is 33.3 Å². The van der Waals surface area contributed by atoms with Crippen LogP contribution in [0.5, 0.6) is 11.5 Å². The van der Waals surface area contributed by atoms with Gasteiger partial charge < -0.3 is 19.3 Å². The summed E-state index contributed by atoms with van der Waals surface area (Å²) >= 11 is 0. The number of aliphatic hydroxyl groups excluding tert-OH is 1. The quantitative estimate of drug-likeness (QED) is 0.813. The molecule has 0 aliphatic carbocycles. The van der Waals surface area contributed by atoms with Crippen LogP contribution in [0.1, 0.15) is 37.3 Å². The zero-order valence-electron chi connectivity index (χ0n) is 12.0. The fourth-order valence-electron chi connectivity index (χ4n) is 1.80. The largest absolute Gasteiger partial charge is 0.493 e. The molecule has 1 N–H and O–H groups in total. The molecule has 1 rings (SSSR count). The highest BCUT2D eigenvalue weighted by Gasteiger charge is 2.26. The maximum absolute atomic E-state index is 13.5. The molecule has 0 heterocycles. The minimum Gasteiger partial charge on any atom is -0.493 e. The molecule has 112 valence electrons. The number of halogens is 1. The summed E-state index contributed by atoms with van der Waals surface area (Å²) in [4.78, 5) is 11.6. The van der Waals surface area contributed by atoms with Gasteiger partial charge in [-0.15, -0.1) is 0 Å². The summed E-state index contributed by atoms with van der Waals surface area (Å²) in [6.07, 6.45) is -2.83. The molecule has 5 nitrogen and oxygen atoms in total. The normalized spacial score (nSPS) is 13.5. The first-order valence-electron chi connectivity index (χ1n) is 6.20. The van der Waals surface area contributed by atoms with Gasteiger partial charge in [0.1, 0.15) is 6.17 Å². The number of aliphatic hydroxyl groups is 1. The summed E-state index contributed by atoms with van der Waals surface area (Å²) in [5.41, 5.74) is 0.394. The monoisotopic (exact) mass is 286 g/mol. The number of alkyl halides is 1. The molecule has 0 fully saturated rings. The minimum atomic E-state index is -1.56. The summed E-state index contributed by atoms with van der Waals surface area (Å²) in [5, 5.41) is 10.0. The summed E-state index contributed by atoms with van der Waals surface area (Å²) in [6, 6.07) is 2.83. The topological polar surface area (TPSA) is 65.0 Å². The zero-order chi connectivity index (χ0) is 15.3. The van der Waals surface area contributed by atoms with Crippen LogP contribution < -0.4 is 9.47 Å². The van der Waals surface area contributed by atoms with Crippen LogP contribution in [-0.2, 0) is 9.53 Å². The van der Waals surface area contributed by atoms with Gasteiger partial charge in [-0.3, -0.25) is 0 Å². The van der Waals surface area contributed by atoms with E-state index in [-0.39, 0.29) is 29.2 Å². The molecule has 2 atom stereocenters. The predicted octanol–water partition coefficient (Wildman–Crippen LogP) is 2.33. The average molecular weight is 286 g/mol. The number of hydrogen-bond acceptors (Lipinski definition) is 5. The van der Waals surface area contributed by atoms with Crippen molar-refractivity contribution in [2.24, 2.45) is 0 Å². The second-order valence-electron chi connectivity index (χ2n) is 4.12. The molecule has 0 saturated heterocycles. The molecule has 0 aliphatic rings.